The van der Waals surface area contributed by atoms with E-state index in [1.54, 1.807) is 6.92 Å². The highest BCUT2D eigenvalue weighted by Gasteiger charge is 2.63. The molecule has 2 heterocycles. The van der Waals surface area contributed by atoms with Gasteiger partial charge in [-0.1, -0.05) is 18.2 Å². The van der Waals surface area contributed by atoms with Gasteiger partial charge in [-0.2, -0.15) is 0 Å². The van der Waals surface area contributed by atoms with Gasteiger partial charge in [-0.15, -0.1) is 0 Å². The van der Waals surface area contributed by atoms with Gasteiger partial charge in [0.25, 0.3) is 0 Å². The van der Waals surface area contributed by atoms with Crippen molar-refractivity contribution in [3.63, 3.8) is 0 Å². The zero-order chi connectivity index (χ0) is 19.1. The van der Waals surface area contributed by atoms with Gasteiger partial charge in [0.1, 0.15) is 18.3 Å². The third-order valence-corrected chi connectivity index (χ3v) is 5.54. The Kier molecular flexibility index (Phi) is 5.08. The Hall–Kier alpha value is -1.92. The molecule has 5 atom stereocenters. The summed E-state index contributed by atoms with van der Waals surface area (Å²) in [5.74, 6) is -1.41. The van der Waals surface area contributed by atoms with Crippen molar-refractivity contribution in [3.05, 3.63) is 35.5 Å². The highest BCUT2D eigenvalue weighted by molar-refractivity contribution is 5.91. The third-order valence-electron chi connectivity index (χ3n) is 5.54. The normalized spacial score (nSPS) is 39.2. The largest absolute Gasteiger partial charge is 0.458 e. The van der Waals surface area contributed by atoms with E-state index in [-0.39, 0.29) is 18.3 Å². The fraction of sp³-hybridized carbons (Fsp3) is 0.600. The van der Waals surface area contributed by atoms with Crippen LogP contribution >= 0.6 is 0 Å². The van der Waals surface area contributed by atoms with Gasteiger partial charge in [-0.25, -0.2) is 9.59 Å². The van der Waals surface area contributed by atoms with Crippen molar-refractivity contribution in [2.24, 2.45) is 5.92 Å². The summed E-state index contributed by atoms with van der Waals surface area (Å²) in [5.41, 5.74) is 1.40. The molecule has 0 amide bonds. The second kappa shape index (κ2) is 7.00. The van der Waals surface area contributed by atoms with Crippen LogP contribution in [0.5, 0.6) is 0 Å². The van der Waals surface area contributed by atoms with Crippen molar-refractivity contribution >= 4 is 11.9 Å². The van der Waals surface area contributed by atoms with E-state index in [0.29, 0.717) is 17.6 Å². The number of esters is 2. The van der Waals surface area contributed by atoms with Crippen LogP contribution in [0.25, 0.3) is 0 Å². The summed E-state index contributed by atoms with van der Waals surface area (Å²) in [4.78, 5) is 24.6. The first kappa shape index (κ1) is 18.9. The zero-order valence-corrected chi connectivity index (χ0v) is 15.5. The topological polar surface area (TPSA) is 85.4 Å². The lowest BCUT2D eigenvalue weighted by Crippen LogP contribution is -2.38. The van der Waals surface area contributed by atoms with Gasteiger partial charge in [0, 0.05) is 17.6 Å². The maximum atomic E-state index is 12.4. The van der Waals surface area contributed by atoms with E-state index in [4.69, 9.17) is 19.3 Å². The van der Waals surface area contributed by atoms with Gasteiger partial charge < -0.3 is 19.3 Å². The molecule has 0 aromatic carbocycles. The van der Waals surface area contributed by atoms with Crippen molar-refractivity contribution in [2.45, 2.75) is 63.9 Å². The summed E-state index contributed by atoms with van der Waals surface area (Å²) >= 11 is 0. The summed E-state index contributed by atoms with van der Waals surface area (Å²) in [7, 11) is 0. The van der Waals surface area contributed by atoms with Gasteiger partial charge in [0.05, 0.1) is 18.1 Å². The summed E-state index contributed by atoms with van der Waals surface area (Å²) in [5, 5.41) is 8.99. The van der Waals surface area contributed by atoms with Crippen LogP contribution in [0.4, 0.5) is 0 Å². The number of aliphatic hydroxyl groups is 1. The molecule has 0 aromatic rings. The maximum absolute atomic E-state index is 12.4. The van der Waals surface area contributed by atoms with Crippen LogP contribution in [0.1, 0.15) is 40.0 Å². The highest BCUT2D eigenvalue weighted by atomic mass is 16.6. The lowest BCUT2D eigenvalue weighted by atomic mass is 9.82. The summed E-state index contributed by atoms with van der Waals surface area (Å²) < 4.78 is 17.2. The Morgan fingerprint density at radius 1 is 1.54 bits per heavy atom. The number of hydrogen-bond acceptors (Lipinski definition) is 6. The Balaban J connectivity index is 1.92. The highest BCUT2D eigenvalue weighted by Crippen LogP contribution is 2.50. The van der Waals surface area contributed by atoms with E-state index in [1.165, 1.54) is 6.08 Å². The first-order valence-corrected chi connectivity index (χ1v) is 8.98. The predicted octanol–water partition coefficient (Wildman–Crippen LogP) is 2.22. The first-order chi connectivity index (χ1) is 12.3. The first-order valence-electron chi connectivity index (χ1n) is 8.98. The smallest absolute Gasteiger partial charge is 0.334 e. The number of rotatable bonds is 3. The number of carbonyl (C=O) groups excluding carboxylic acids is 2. The Morgan fingerprint density at radius 3 is 2.96 bits per heavy atom. The number of epoxide rings is 1. The summed E-state index contributed by atoms with van der Waals surface area (Å²) in [6.07, 6.45) is 4.45. The van der Waals surface area contributed by atoms with Crippen molar-refractivity contribution < 1.29 is 28.9 Å². The SMILES string of the molecule is C=C1C(=O)OC2C1C(OC(=O)/C(C)=C/CO)C/C(C)=C\CCC1(C)OC21. The second-order valence-electron chi connectivity index (χ2n) is 7.58. The van der Waals surface area contributed by atoms with Crippen LogP contribution in [0.2, 0.25) is 0 Å². The molecule has 3 rings (SSSR count). The van der Waals surface area contributed by atoms with Crippen LogP contribution in [0.15, 0.2) is 35.5 Å². The van der Waals surface area contributed by atoms with Crippen LogP contribution in [0.3, 0.4) is 0 Å². The Morgan fingerprint density at radius 2 is 2.27 bits per heavy atom. The molecule has 142 valence electrons. The van der Waals surface area contributed by atoms with Crippen LogP contribution in [-0.4, -0.2) is 47.6 Å². The van der Waals surface area contributed by atoms with E-state index < -0.39 is 30.1 Å². The molecule has 2 aliphatic heterocycles. The molecule has 1 aliphatic carbocycles. The lowest BCUT2D eigenvalue weighted by Gasteiger charge is -2.28. The van der Waals surface area contributed by atoms with Crippen molar-refractivity contribution in [1.29, 1.82) is 0 Å². The molecule has 0 spiro atoms. The molecular weight excluding hydrogens is 336 g/mol. The van der Waals surface area contributed by atoms with Crippen LogP contribution in [0, 0.1) is 5.92 Å². The van der Waals surface area contributed by atoms with Crippen molar-refractivity contribution in [2.75, 3.05) is 6.61 Å². The molecule has 2 fully saturated rings. The van der Waals surface area contributed by atoms with Crippen LogP contribution < -0.4 is 0 Å². The Bertz CT molecular complexity index is 690. The number of fused-ring (bicyclic) bond motifs is 3. The van der Waals surface area contributed by atoms with E-state index in [2.05, 4.69) is 12.7 Å². The van der Waals surface area contributed by atoms with E-state index in [0.717, 1.165) is 18.4 Å². The average molecular weight is 362 g/mol. The Labute approximate surface area is 153 Å². The number of hydrogen-bond donors (Lipinski definition) is 1. The summed E-state index contributed by atoms with van der Waals surface area (Å²) in [6, 6.07) is 0. The lowest BCUT2D eigenvalue weighted by molar-refractivity contribution is -0.148. The monoisotopic (exact) mass is 362 g/mol. The summed E-state index contributed by atoms with van der Waals surface area (Å²) in [6.45, 7) is 9.25. The number of carbonyl (C=O) groups is 2. The fourth-order valence-corrected chi connectivity index (χ4v) is 3.86. The van der Waals surface area contributed by atoms with Gasteiger partial charge in [0.2, 0.25) is 0 Å². The minimum atomic E-state index is -0.573. The van der Waals surface area contributed by atoms with Gasteiger partial charge >= 0.3 is 11.9 Å². The van der Waals surface area contributed by atoms with Gasteiger partial charge in [0.15, 0.2) is 0 Å². The molecule has 1 N–H and O–H groups in total. The molecular formula is C20H26O6. The maximum Gasteiger partial charge on any atom is 0.334 e. The minimum absolute atomic E-state index is 0.210. The van der Waals surface area contributed by atoms with Crippen LogP contribution in [-0.2, 0) is 23.8 Å². The molecule has 0 bridgehead atoms. The molecule has 6 nitrogen and oxygen atoms in total. The van der Waals surface area contributed by atoms with Gasteiger partial charge in [-0.3, -0.25) is 0 Å². The standard InChI is InChI=1S/C20H26O6/c1-11-6-5-8-20(4)17(26-20)16-15(13(3)19(23)25-16)14(10-11)24-18(22)12(2)7-9-21/h6-7,14-17,21H,3,5,8-10H2,1-2,4H3/b11-6-,12-7+. The minimum Gasteiger partial charge on any atom is -0.458 e. The molecule has 5 unspecified atom stereocenters. The van der Waals surface area contributed by atoms with Crippen molar-refractivity contribution in [1.82, 2.24) is 0 Å². The predicted molar refractivity (Wildman–Crippen MR) is 94.1 cm³/mol. The zero-order valence-electron chi connectivity index (χ0n) is 15.5. The molecule has 3 aliphatic rings. The fourth-order valence-electron chi connectivity index (χ4n) is 3.86. The molecule has 6 heteroatoms. The number of aliphatic hydroxyl groups excluding tert-OH is 1. The third kappa shape index (κ3) is 3.48. The van der Waals surface area contributed by atoms with Gasteiger partial charge in [-0.05, 0) is 39.7 Å². The molecule has 26 heavy (non-hydrogen) atoms. The molecule has 2 saturated heterocycles. The number of allylic oxidation sites excluding steroid dienone is 1. The second-order valence-corrected chi connectivity index (χ2v) is 7.58. The molecule has 0 radical (unpaired) electrons. The van der Waals surface area contributed by atoms with Crippen molar-refractivity contribution in [3.8, 4) is 0 Å². The molecule has 0 saturated carbocycles. The van der Waals surface area contributed by atoms with E-state index in [1.807, 2.05) is 13.8 Å². The van der Waals surface area contributed by atoms with E-state index in [9.17, 15) is 9.59 Å². The molecule has 0 aromatic heterocycles. The quantitative estimate of drug-likeness (QED) is 0.359. The number of ether oxygens (including phenoxy) is 3. The van der Waals surface area contributed by atoms with E-state index >= 15 is 0 Å². The average Bonchev–Trinajstić information content (AvgIpc) is 3.15.